The highest BCUT2D eigenvalue weighted by atomic mass is 79.9. The molecule has 5 heteroatoms. The van der Waals surface area contributed by atoms with Crippen molar-refractivity contribution < 1.29 is 0 Å². The average molecular weight is 704 g/mol. The standard InChI is InChI=1S/C36H33Br2NS2/c1-35(2,3)24-10-16-30-28(20-24)29-21-25(36(4,5)6)11-17-31(29)39(30)26-12-7-22(8-13-26)32-18-15-27(40-32)14-9-23-19-33(37)41-34(23)38/h7-21H,1-6H3/b14-9+. The number of nitrogens with zero attached hydrogens (tertiary/aromatic N) is 1. The van der Waals surface area contributed by atoms with E-state index in [0.717, 1.165) is 7.57 Å². The van der Waals surface area contributed by atoms with Crippen LogP contribution in [0.5, 0.6) is 0 Å². The van der Waals surface area contributed by atoms with Crippen molar-refractivity contribution in [3.05, 3.63) is 108 Å². The molecule has 0 aliphatic rings. The molecule has 0 bridgehead atoms. The van der Waals surface area contributed by atoms with Gasteiger partial charge in [0, 0.05) is 31.8 Å². The fraction of sp³-hybridized carbons (Fsp3) is 0.222. The Hall–Kier alpha value is -2.44. The Bertz CT molecular complexity index is 1850. The minimum atomic E-state index is 0.0949. The Labute approximate surface area is 267 Å². The number of thiophene rings is 2. The van der Waals surface area contributed by atoms with Gasteiger partial charge >= 0.3 is 0 Å². The van der Waals surface area contributed by atoms with E-state index in [0.29, 0.717) is 0 Å². The van der Waals surface area contributed by atoms with Crippen molar-refractivity contribution in [2.45, 2.75) is 52.4 Å². The van der Waals surface area contributed by atoms with Crippen molar-refractivity contribution in [3.63, 3.8) is 0 Å². The number of rotatable bonds is 4. The molecule has 0 radical (unpaired) electrons. The van der Waals surface area contributed by atoms with E-state index in [2.05, 4.69) is 169 Å². The van der Waals surface area contributed by atoms with Gasteiger partial charge < -0.3 is 4.57 Å². The zero-order valence-electron chi connectivity index (χ0n) is 24.2. The lowest BCUT2D eigenvalue weighted by atomic mass is 9.85. The molecule has 1 nitrogen and oxygen atoms in total. The first-order valence-corrected chi connectivity index (χ1v) is 17.0. The summed E-state index contributed by atoms with van der Waals surface area (Å²) in [6.45, 7) is 13.7. The second-order valence-electron chi connectivity index (χ2n) is 12.7. The summed E-state index contributed by atoms with van der Waals surface area (Å²) in [5, 5.41) is 2.64. The third-order valence-electron chi connectivity index (χ3n) is 7.64. The van der Waals surface area contributed by atoms with Gasteiger partial charge in [0.1, 0.15) is 0 Å². The summed E-state index contributed by atoms with van der Waals surface area (Å²) in [4.78, 5) is 2.51. The maximum absolute atomic E-state index is 3.65. The molecule has 6 rings (SSSR count). The van der Waals surface area contributed by atoms with Gasteiger partial charge in [-0.15, -0.1) is 22.7 Å². The number of fused-ring (bicyclic) bond motifs is 3. The van der Waals surface area contributed by atoms with Crippen LogP contribution in [0, 0.1) is 0 Å². The van der Waals surface area contributed by atoms with Crippen molar-refractivity contribution in [1.82, 2.24) is 4.57 Å². The van der Waals surface area contributed by atoms with Gasteiger partial charge in [-0.3, -0.25) is 0 Å². The van der Waals surface area contributed by atoms with Crippen LogP contribution in [-0.2, 0) is 10.8 Å². The minimum absolute atomic E-state index is 0.0949. The third-order valence-corrected chi connectivity index (χ3v) is 11.1. The molecular formula is C36H33Br2NS2. The highest BCUT2D eigenvalue weighted by Gasteiger charge is 2.20. The van der Waals surface area contributed by atoms with E-state index in [-0.39, 0.29) is 10.8 Å². The predicted molar refractivity (Wildman–Crippen MR) is 190 cm³/mol. The van der Waals surface area contributed by atoms with E-state index in [1.54, 1.807) is 11.3 Å². The Balaban J connectivity index is 1.39. The maximum atomic E-state index is 3.65. The lowest BCUT2D eigenvalue weighted by Gasteiger charge is -2.19. The van der Waals surface area contributed by atoms with Gasteiger partial charge in [0.15, 0.2) is 0 Å². The Morgan fingerprint density at radius 3 is 1.73 bits per heavy atom. The highest BCUT2D eigenvalue weighted by Crippen LogP contribution is 2.39. The van der Waals surface area contributed by atoms with Crippen molar-refractivity contribution in [3.8, 4) is 16.1 Å². The summed E-state index contributed by atoms with van der Waals surface area (Å²) in [6.07, 6.45) is 4.36. The summed E-state index contributed by atoms with van der Waals surface area (Å²) in [7, 11) is 0. The molecule has 208 valence electrons. The van der Waals surface area contributed by atoms with Crippen LogP contribution in [0.3, 0.4) is 0 Å². The summed E-state index contributed by atoms with van der Waals surface area (Å²) in [5.41, 5.74) is 9.04. The molecule has 0 N–H and O–H groups in total. The molecule has 0 saturated heterocycles. The maximum Gasteiger partial charge on any atom is 0.0782 e. The van der Waals surface area contributed by atoms with E-state index in [9.17, 15) is 0 Å². The van der Waals surface area contributed by atoms with Gasteiger partial charge in [0.2, 0.25) is 0 Å². The first kappa shape index (κ1) is 28.7. The average Bonchev–Trinajstić information content (AvgIpc) is 3.61. The van der Waals surface area contributed by atoms with Gasteiger partial charge in [-0.25, -0.2) is 0 Å². The van der Waals surface area contributed by atoms with E-state index >= 15 is 0 Å². The number of hydrogen-bond acceptors (Lipinski definition) is 2. The molecule has 0 atom stereocenters. The molecule has 0 spiro atoms. The lowest BCUT2D eigenvalue weighted by Crippen LogP contribution is -2.10. The predicted octanol–water partition coefficient (Wildman–Crippen LogP) is 12.9. The van der Waals surface area contributed by atoms with Crippen molar-refractivity contribution >= 4 is 88.5 Å². The molecule has 3 aromatic carbocycles. The van der Waals surface area contributed by atoms with E-state index in [1.165, 1.54) is 59.5 Å². The fourth-order valence-corrected chi connectivity index (χ4v) is 8.92. The van der Waals surface area contributed by atoms with Gasteiger partial charge in [0.05, 0.1) is 18.6 Å². The summed E-state index contributed by atoms with van der Waals surface area (Å²) in [6, 6.07) is 29.6. The molecule has 0 aliphatic heterocycles. The van der Waals surface area contributed by atoms with Crippen molar-refractivity contribution in [1.29, 1.82) is 0 Å². The van der Waals surface area contributed by atoms with Crippen molar-refractivity contribution in [2.75, 3.05) is 0 Å². The van der Waals surface area contributed by atoms with Crippen LogP contribution in [0.2, 0.25) is 0 Å². The molecular weight excluding hydrogens is 670 g/mol. The highest BCUT2D eigenvalue weighted by molar-refractivity contribution is 9.12. The Kier molecular flexibility index (Phi) is 7.47. The quantitative estimate of drug-likeness (QED) is 0.172. The zero-order valence-corrected chi connectivity index (χ0v) is 29.0. The molecule has 6 aromatic rings. The largest absolute Gasteiger partial charge is 0.309 e. The molecule has 0 saturated carbocycles. The molecule has 0 amide bonds. The number of halogens is 2. The van der Waals surface area contributed by atoms with Crippen LogP contribution < -0.4 is 0 Å². The van der Waals surface area contributed by atoms with Gasteiger partial charge in [-0.1, -0.05) is 71.9 Å². The van der Waals surface area contributed by atoms with Crippen LogP contribution in [-0.4, -0.2) is 4.57 Å². The number of hydrogen-bond donors (Lipinski definition) is 0. The number of aromatic nitrogens is 1. The monoisotopic (exact) mass is 701 g/mol. The molecule has 0 fully saturated rings. The molecule has 0 unspecified atom stereocenters. The lowest BCUT2D eigenvalue weighted by molar-refractivity contribution is 0.590. The Morgan fingerprint density at radius 2 is 1.22 bits per heavy atom. The fourth-order valence-electron chi connectivity index (χ4n) is 5.25. The van der Waals surface area contributed by atoms with E-state index < -0.39 is 0 Å². The van der Waals surface area contributed by atoms with Crippen LogP contribution in [0.4, 0.5) is 0 Å². The molecule has 41 heavy (non-hydrogen) atoms. The minimum Gasteiger partial charge on any atom is -0.309 e. The van der Waals surface area contributed by atoms with Crippen molar-refractivity contribution in [2.24, 2.45) is 0 Å². The Morgan fingerprint density at radius 1 is 0.634 bits per heavy atom. The number of benzene rings is 3. The van der Waals surface area contributed by atoms with E-state index in [1.807, 2.05) is 11.3 Å². The molecule has 3 heterocycles. The summed E-state index contributed by atoms with van der Waals surface area (Å²) >= 11 is 10.7. The SMILES string of the molecule is CC(C)(C)c1ccc2c(c1)c1cc(C(C)(C)C)ccc1n2-c1ccc(-c2ccc(/C=C/c3cc(Br)sc3Br)s2)cc1. The normalized spacial score (nSPS) is 12.8. The summed E-state index contributed by atoms with van der Waals surface area (Å²) in [5.74, 6) is 0. The zero-order chi connectivity index (χ0) is 29.1. The van der Waals surface area contributed by atoms with Gasteiger partial charge in [-0.2, -0.15) is 0 Å². The first-order valence-electron chi connectivity index (χ1n) is 13.8. The van der Waals surface area contributed by atoms with Crippen LogP contribution >= 0.6 is 54.5 Å². The van der Waals surface area contributed by atoms with Crippen LogP contribution in [0.1, 0.15) is 63.1 Å². The van der Waals surface area contributed by atoms with Crippen LogP contribution in [0.25, 0.3) is 50.1 Å². The van der Waals surface area contributed by atoms with Gasteiger partial charge in [0.25, 0.3) is 0 Å². The van der Waals surface area contributed by atoms with E-state index in [4.69, 9.17) is 0 Å². The second-order valence-corrected chi connectivity index (χ2v) is 17.5. The topological polar surface area (TPSA) is 4.93 Å². The molecule has 0 aliphatic carbocycles. The first-order chi connectivity index (χ1) is 19.4. The second kappa shape index (κ2) is 10.7. The smallest absolute Gasteiger partial charge is 0.0782 e. The van der Waals surface area contributed by atoms with Gasteiger partial charge in [-0.05, 0) is 120 Å². The third kappa shape index (κ3) is 5.67. The molecule has 3 aromatic heterocycles. The summed E-state index contributed by atoms with van der Waals surface area (Å²) < 4.78 is 4.69. The van der Waals surface area contributed by atoms with Crippen LogP contribution in [0.15, 0.2) is 86.4 Å².